The number of piperidine rings is 1. The second-order valence-electron chi connectivity index (χ2n) is 10.4. The normalized spacial score (nSPS) is 17.9. The molecule has 1 aromatic carbocycles. The summed E-state index contributed by atoms with van der Waals surface area (Å²) in [7, 11) is 0. The Balaban J connectivity index is 1.17. The molecule has 0 spiro atoms. The van der Waals surface area contributed by atoms with Gasteiger partial charge in [0.1, 0.15) is 5.82 Å². The van der Waals surface area contributed by atoms with E-state index in [4.69, 9.17) is 0 Å². The fourth-order valence-corrected chi connectivity index (χ4v) is 5.09. The van der Waals surface area contributed by atoms with Crippen LogP contribution in [0.25, 0.3) is 22.0 Å². The maximum Gasteiger partial charge on any atom is 0.282 e. The summed E-state index contributed by atoms with van der Waals surface area (Å²) in [6, 6.07) is 11.3. The highest BCUT2D eigenvalue weighted by Gasteiger charge is 2.44. The number of H-pyrrole nitrogens is 1. The van der Waals surface area contributed by atoms with Crippen LogP contribution in [0.3, 0.4) is 0 Å². The molecule has 10 heteroatoms. The molecule has 2 saturated heterocycles. The fraction of sp³-hybridized carbons (Fsp3) is 0.357. The number of benzene rings is 1. The van der Waals surface area contributed by atoms with Crippen molar-refractivity contribution in [3.8, 4) is 11.1 Å². The van der Waals surface area contributed by atoms with Crippen LogP contribution in [-0.4, -0.2) is 63.1 Å². The summed E-state index contributed by atoms with van der Waals surface area (Å²) >= 11 is 0. The summed E-state index contributed by atoms with van der Waals surface area (Å²) in [5.41, 5.74) is 4.57. The Morgan fingerprint density at radius 3 is 2.63 bits per heavy atom. The number of hydrogen-bond donors (Lipinski definition) is 2. The number of anilines is 2. The van der Waals surface area contributed by atoms with Crippen molar-refractivity contribution in [3.05, 3.63) is 66.2 Å². The van der Waals surface area contributed by atoms with E-state index in [-0.39, 0.29) is 24.7 Å². The summed E-state index contributed by atoms with van der Waals surface area (Å²) in [6.07, 6.45) is 7.68. The van der Waals surface area contributed by atoms with Crippen molar-refractivity contribution >= 4 is 28.3 Å². The number of likely N-dealkylation sites (tertiary alicyclic amines) is 1. The number of nitrogens with one attached hydrogen (secondary N) is 2. The summed E-state index contributed by atoms with van der Waals surface area (Å²) in [5, 5.41) is 10.7. The quantitative estimate of drug-likeness (QED) is 0.376. The molecule has 0 saturated carbocycles. The Kier molecular flexibility index (Phi) is 6.27. The second kappa shape index (κ2) is 9.75. The minimum absolute atomic E-state index is 0.264. The Labute approximate surface area is 219 Å². The third-order valence-electron chi connectivity index (χ3n) is 7.36. The molecule has 1 amide bonds. The van der Waals surface area contributed by atoms with Crippen LogP contribution >= 0.6 is 0 Å². The molecule has 2 N–H and O–H groups in total. The standard InChI is InChI=1S/C28H29F2N7O/c1-18-6-8-36(9-7-18)15-19-10-21(13-31-12-19)20-2-4-24-23(11-20)26(35-34-24)27(38)33-22-3-5-25(32-14-22)37-16-28(29,30)17-37/h2-5,10-14,18H,6-9,15-17H2,1H3,(H,33,38)(H,34,35). The van der Waals surface area contributed by atoms with Gasteiger partial charge in [0.15, 0.2) is 5.69 Å². The molecule has 0 atom stereocenters. The molecule has 4 aromatic rings. The highest BCUT2D eigenvalue weighted by atomic mass is 19.3. The molecule has 8 nitrogen and oxygen atoms in total. The van der Waals surface area contributed by atoms with Crippen LogP contribution in [0.1, 0.15) is 35.8 Å². The van der Waals surface area contributed by atoms with Crippen molar-refractivity contribution in [2.75, 3.05) is 36.4 Å². The molecule has 2 aliphatic rings. The van der Waals surface area contributed by atoms with E-state index in [0.29, 0.717) is 16.9 Å². The van der Waals surface area contributed by atoms with Gasteiger partial charge < -0.3 is 10.2 Å². The van der Waals surface area contributed by atoms with Crippen LogP contribution in [0.5, 0.6) is 0 Å². The average molecular weight is 518 g/mol. The monoisotopic (exact) mass is 517 g/mol. The highest BCUT2D eigenvalue weighted by Crippen LogP contribution is 2.31. The molecule has 3 aromatic heterocycles. The molecule has 5 heterocycles. The molecule has 196 valence electrons. The van der Waals surface area contributed by atoms with E-state index in [9.17, 15) is 13.6 Å². The lowest BCUT2D eigenvalue weighted by molar-refractivity contribution is -0.0267. The summed E-state index contributed by atoms with van der Waals surface area (Å²) < 4.78 is 26.3. The smallest absolute Gasteiger partial charge is 0.282 e. The highest BCUT2D eigenvalue weighted by molar-refractivity contribution is 6.11. The fourth-order valence-electron chi connectivity index (χ4n) is 5.09. The molecular formula is C28H29F2N7O. The van der Waals surface area contributed by atoms with E-state index in [1.165, 1.54) is 29.5 Å². The van der Waals surface area contributed by atoms with Crippen LogP contribution in [0.15, 0.2) is 55.0 Å². The lowest BCUT2D eigenvalue weighted by Crippen LogP contribution is -2.56. The van der Waals surface area contributed by atoms with Crippen LogP contribution in [0.4, 0.5) is 20.3 Å². The van der Waals surface area contributed by atoms with Gasteiger partial charge >= 0.3 is 0 Å². The zero-order chi connectivity index (χ0) is 26.3. The van der Waals surface area contributed by atoms with Crippen LogP contribution < -0.4 is 10.2 Å². The Hall–Kier alpha value is -3.92. The number of alkyl halides is 2. The molecule has 6 rings (SSSR count). The lowest BCUT2D eigenvalue weighted by atomic mass is 9.98. The number of fused-ring (bicyclic) bond motifs is 1. The molecule has 0 radical (unpaired) electrons. The number of halogens is 2. The second-order valence-corrected chi connectivity index (χ2v) is 10.4. The number of aromatic nitrogens is 4. The zero-order valence-corrected chi connectivity index (χ0v) is 21.1. The van der Waals surface area contributed by atoms with Gasteiger partial charge in [-0.25, -0.2) is 13.8 Å². The Bertz CT molecular complexity index is 1450. The third kappa shape index (κ3) is 5.08. The van der Waals surface area contributed by atoms with E-state index in [2.05, 4.69) is 43.4 Å². The molecule has 0 bridgehead atoms. The minimum Gasteiger partial charge on any atom is -0.344 e. The van der Waals surface area contributed by atoms with Crippen molar-refractivity contribution in [1.29, 1.82) is 0 Å². The van der Waals surface area contributed by atoms with E-state index < -0.39 is 5.92 Å². The zero-order valence-electron chi connectivity index (χ0n) is 21.1. The molecule has 0 unspecified atom stereocenters. The number of aromatic amines is 1. The van der Waals surface area contributed by atoms with Gasteiger partial charge in [0, 0.05) is 29.9 Å². The SMILES string of the molecule is CC1CCN(Cc2cncc(-c3ccc4[nH]nc(C(=O)Nc5ccc(N6CC(F)(F)C6)nc5)c4c3)c2)CC1. The van der Waals surface area contributed by atoms with Gasteiger partial charge in [0.2, 0.25) is 0 Å². The summed E-state index contributed by atoms with van der Waals surface area (Å²) in [4.78, 5) is 25.7. The van der Waals surface area contributed by atoms with Crippen molar-refractivity contribution in [1.82, 2.24) is 25.1 Å². The van der Waals surface area contributed by atoms with Crippen LogP contribution in [0, 0.1) is 5.92 Å². The van der Waals surface area contributed by atoms with E-state index >= 15 is 0 Å². The Morgan fingerprint density at radius 2 is 1.89 bits per heavy atom. The predicted molar refractivity (Wildman–Crippen MR) is 142 cm³/mol. The Morgan fingerprint density at radius 1 is 1.08 bits per heavy atom. The number of nitrogens with zero attached hydrogens (tertiary/aromatic N) is 5. The van der Waals surface area contributed by atoms with Gasteiger partial charge in [-0.2, -0.15) is 5.10 Å². The van der Waals surface area contributed by atoms with E-state index in [0.717, 1.165) is 42.2 Å². The summed E-state index contributed by atoms with van der Waals surface area (Å²) in [5.74, 6) is -1.81. The topological polar surface area (TPSA) is 90.0 Å². The van der Waals surface area contributed by atoms with Crippen LogP contribution in [-0.2, 0) is 6.54 Å². The number of amides is 1. The maximum atomic E-state index is 13.1. The van der Waals surface area contributed by atoms with Crippen molar-refractivity contribution in [2.24, 2.45) is 5.92 Å². The molecule has 2 aliphatic heterocycles. The maximum absolute atomic E-state index is 13.1. The van der Waals surface area contributed by atoms with Gasteiger partial charge in [-0.05, 0) is 73.3 Å². The predicted octanol–water partition coefficient (Wildman–Crippen LogP) is 4.96. The molecular weight excluding hydrogens is 488 g/mol. The van der Waals surface area contributed by atoms with Crippen molar-refractivity contribution in [3.63, 3.8) is 0 Å². The first-order valence-electron chi connectivity index (χ1n) is 12.9. The number of pyridine rings is 2. The molecule has 38 heavy (non-hydrogen) atoms. The number of hydrogen-bond acceptors (Lipinski definition) is 6. The van der Waals surface area contributed by atoms with Gasteiger partial charge in [0.05, 0.1) is 30.5 Å². The summed E-state index contributed by atoms with van der Waals surface area (Å²) in [6.45, 7) is 4.72. The van der Waals surface area contributed by atoms with Gasteiger partial charge in [-0.1, -0.05) is 13.0 Å². The average Bonchev–Trinajstić information content (AvgIpc) is 3.33. The van der Waals surface area contributed by atoms with Crippen molar-refractivity contribution < 1.29 is 13.6 Å². The van der Waals surface area contributed by atoms with E-state index in [1.54, 1.807) is 12.1 Å². The van der Waals surface area contributed by atoms with E-state index in [1.807, 2.05) is 30.6 Å². The first-order chi connectivity index (χ1) is 18.3. The lowest BCUT2D eigenvalue weighted by Gasteiger charge is -2.39. The third-order valence-corrected chi connectivity index (χ3v) is 7.36. The number of carbonyl (C=O) groups is 1. The minimum atomic E-state index is -2.67. The number of rotatable bonds is 6. The van der Waals surface area contributed by atoms with Gasteiger partial charge in [-0.15, -0.1) is 0 Å². The largest absolute Gasteiger partial charge is 0.344 e. The molecule has 0 aliphatic carbocycles. The first-order valence-corrected chi connectivity index (χ1v) is 12.9. The van der Waals surface area contributed by atoms with Gasteiger partial charge in [-0.3, -0.25) is 19.8 Å². The van der Waals surface area contributed by atoms with Gasteiger partial charge in [0.25, 0.3) is 11.8 Å². The number of carbonyl (C=O) groups excluding carboxylic acids is 1. The van der Waals surface area contributed by atoms with Crippen molar-refractivity contribution in [2.45, 2.75) is 32.2 Å². The molecule has 2 fully saturated rings. The van der Waals surface area contributed by atoms with Crippen LogP contribution in [0.2, 0.25) is 0 Å². The first kappa shape index (κ1) is 24.4.